The third-order valence-electron chi connectivity index (χ3n) is 8.35. The maximum Gasteiger partial charge on any atom is 0.257 e. The van der Waals surface area contributed by atoms with E-state index in [0.29, 0.717) is 12.0 Å². The zero-order valence-electron chi connectivity index (χ0n) is 23.8. The van der Waals surface area contributed by atoms with Gasteiger partial charge in [-0.1, -0.05) is 104 Å². The van der Waals surface area contributed by atoms with Gasteiger partial charge in [-0.15, -0.1) is 0 Å². The van der Waals surface area contributed by atoms with E-state index in [1.165, 1.54) is 11.1 Å². The van der Waals surface area contributed by atoms with Crippen molar-refractivity contribution in [3.05, 3.63) is 118 Å². The number of amides is 1. The second kappa shape index (κ2) is 10.7. The molecule has 0 radical (unpaired) electrons. The van der Waals surface area contributed by atoms with Crippen LogP contribution in [0.25, 0.3) is 0 Å². The summed E-state index contributed by atoms with van der Waals surface area (Å²) < 4.78 is 2.05. The number of aromatic nitrogens is 2. The monoisotopic (exact) mass is 520 g/mol. The van der Waals surface area contributed by atoms with E-state index in [1.54, 1.807) is 0 Å². The van der Waals surface area contributed by atoms with Gasteiger partial charge in [0.1, 0.15) is 11.4 Å². The molecule has 202 valence electrons. The molecule has 5 rings (SSSR count). The van der Waals surface area contributed by atoms with Crippen LogP contribution >= 0.6 is 0 Å². The van der Waals surface area contributed by atoms with Crippen molar-refractivity contribution in [2.75, 3.05) is 5.32 Å². The molecule has 0 aliphatic carbocycles. The molecule has 1 atom stereocenters. The van der Waals surface area contributed by atoms with E-state index in [0.717, 1.165) is 41.9 Å². The Bertz CT molecular complexity index is 1420. The molecule has 1 aliphatic rings. The van der Waals surface area contributed by atoms with Crippen LogP contribution in [0.3, 0.4) is 0 Å². The normalized spacial score (nSPS) is 16.3. The van der Waals surface area contributed by atoms with Crippen LogP contribution in [0.5, 0.6) is 0 Å². The van der Waals surface area contributed by atoms with E-state index in [-0.39, 0.29) is 17.5 Å². The van der Waals surface area contributed by atoms with Gasteiger partial charge in [0.15, 0.2) is 0 Å². The predicted octanol–water partition coefficient (Wildman–Crippen LogP) is 7.52. The van der Waals surface area contributed by atoms with Crippen molar-refractivity contribution in [3.8, 4) is 0 Å². The molecule has 0 saturated heterocycles. The molecule has 1 unspecified atom stereocenters. The number of anilines is 1. The number of carbonyl (C=O) groups is 1. The van der Waals surface area contributed by atoms with Gasteiger partial charge in [0.05, 0.1) is 22.8 Å². The van der Waals surface area contributed by atoms with Crippen molar-refractivity contribution in [1.82, 2.24) is 15.1 Å². The Kier molecular flexibility index (Phi) is 7.35. The van der Waals surface area contributed by atoms with E-state index >= 15 is 0 Å². The Labute approximate surface area is 232 Å². The van der Waals surface area contributed by atoms with Crippen LogP contribution in [-0.4, -0.2) is 15.7 Å². The van der Waals surface area contributed by atoms with Crippen molar-refractivity contribution in [2.24, 2.45) is 0 Å². The average molecular weight is 521 g/mol. The topological polar surface area (TPSA) is 59.0 Å². The summed E-state index contributed by atoms with van der Waals surface area (Å²) in [5.41, 5.74) is 5.40. The summed E-state index contributed by atoms with van der Waals surface area (Å²) in [6.45, 7) is 10.8. The fraction of sp³-hybridized carbons (Fsp3) is 0.353. The zero-order chi connectivity index (χ0) is 27.6. The van der Waals surface area contributed by atoms with E-state index in [9.17, 15) is 4.79 Å². The van der Waals surface area contributed by atoms with Gasteiger partial charge in [-0.05, 0) is 56.7 Å². The molecule has 4 aromatic rings. The molecule has 3 aromatic carbocycles. The van der Waals surface area contributed by atoms with E-state index in [1.807, 2.05) is 28.9 Å². The molecule has 0 saturated carbocycles. The summed E-state index contributed by atoms with van der Waals surface area (Å²) in [5, 5.41) is 12.3. The van der Waals surface area contributed by atoms with Gasteiger partial charge < -0.3 is 10.6 Å². The summed E-state index contributed by atoms with van der Waals surface area (Å²) in [6.07, 6.45) is 3.05. The van der Waals surface area contributed by atoms with E-state index in [2.05, 4.69) is 106 Å². The molecule has 5 nitrogen and oxygen atoms in total. The zero-order valence-corrected chi connectivity index (χ0v) is 23.8. The van der Waals surface area contributed by atoms with E-state index < -0.39 is 5.54 Å². The first-order valence-electron chi connectivity index (χ1n) is 14.1. The third kappa shape index (κ3) is 5.23. The van der Waals surface area contributed by atoms with E-state index in [4.69, 9.17) is 5.10 Å². The lowest BCUT2D eigenvalue weighted by Crippen LogP contribution is -2.45. The standard InChI is InChI=1S/C34H40N4O/c1-6-34(7-2,27-20-18-24(3)19-21-27)36-32(39)30-28(22-25-14-10-8-11-15-25)37-38-31(30)35-29(23-33(38,4)5)26-16-12-9-13-17-26/h8-21,29,35H,6-7,22-23H2,1-5H3,(H,36,39). The summed E-state index contributed by atoms with van der Waals surface area (Å²) in [6, 6.07) is 29.4. The summed E-state index contributed by atoms with van der Waals surface area (Å²) >= 11 is 0. The summed E-state index contributed by atoms with van der Waals surface area (Å²) in [5.74, 6) is 0.719. The number of hydrogen-bond donors (Lipinski definition) is 2. The number of carbonyl (C=O) groups excluding carboxylic acids is 1. The van der Waals surface area contributed by atoms with Crippen LogP contribution in [0.15, 0.2) is 84.9 Å². The third-order valence-corrected chi connectivity index (χ3v) is 8.35. The van der Waals surface area contributed by atoms with Crippen molar-refractivity contribution in [2.45, 2.75) is 77.4 Å². The molecule has 2 N–H and O–H groups in total. The first kappa shape index (κ1) is 26.7. The molecule has 5 heteroatoms. The fourth-order valence-corrected chi connectivity index (χ4v) is 5.93. The lowest BCUT2D eigenvalue weighted by Gasteiger charge is -2.38. The number of hydrogen-bond acceptors (Lipinski definition) is 3. The molecular weight excluding hydrogens is 480 g/mol. The number of fused-ring (bicyclic) bond motifs is 1. The van der Waals surface area contributed by atoms with Crippen molar-refractivity contribution in [1.29, 1.82) is 0 Å². The second-order valence-corrected chi connectivity index (χ2v) is 11.5. The van der Waals surface area contributed by atoms with Crippen LogP contribution in [0.1, 0.15) is 91.3 Å². The summed E-state index contributed by atoms with van der Waals surface area (Å²) in [7, 11) is 0. The van der Waals surface area contributed by atoms with Gasteiger partial charge in [-0.2, -0.15) is 5.10 Å². The predicted molar refractivity (Wildman–Crippen MR) is 159 cm³/mol. The number of aryl methyl sites for hydroxylation is 1. The Balaban J connectivity index is 1.60. The molecule has 39 heavy (non-hydrogen) atoms. The highest BCUT2D eigenvalue weighted by atomic mass is 16.2. The quantitative estimate of drug-likeness (QED) is 0.253. The second-order valence-electron chi connectivity index (χ2n) is 11.5. The number of benzene rings is 3. The van der Waals surface area contributed by atoms with Crippen LogP contribution in [-0.2, 0) is 17.5 Å². The first-order valence-corrected chi connectivity index (χ1v) is 14.1. The van der Waals surface area contributed by atoms with Crippen LogP contribution in [0, 0.1) is 6.92 Å². The molecule has 1 aromatic heterocycles. The highest BCUT2D eigenvalue weighted by Crippen LogP contribution is 2.42. The van der Waals surface area contributed by atoms with Crippen LogP contribution in [0.2, 0.25) is 0 Å². The van der Waals surface area contributed by atoms with Gasteiger partial charge in [-0.3, -0.25) is 4.79 Å². The minimum absolute atomic E-state index is 0.0801. The number of nitrogens with one attached hydrogen (secondary N) is 2. The van der Waals surface area contributed by atoms with Crippen molar-refractivity contribution >= 4 is 11.7 Å². The van der Waals surface area contributed by atoms with Gasteiger partial charge >= 0.3 is 0 Å². The maximum atomic E-state index is 14.4. The molecule has 0 bridgehead atoms. The molecular formula is C34H40N4O. The molecule has 0 fully saturated rings. The van der Waals surface area contributed by atoms with Crippen LogP contribution < -0.4 is 10.6 Å². The number of rotatable bonds is 8. The Hall–Kier alpha value is -3.86. The molecule has 1 amide bonds. The molecule has 2 heterocycles. The van der Waals surface area contributed by atoms with Gasteiger partial charge in [-0.25, -0.2) is 4.68 Å². The highest BCUT2D eigenvalue weighted by Gasteiger charge is 2.40. The van der Waals surface area contributed by atoms with Gasteiger partial charge in [0.2, 0.25) is 0 Å². The lowest BCUT2D eigenvalue weighted by atomic mass is 9.84. The largest absolute Gasteiger partial charge is 0.363 e. The average Bonchev–Trinajstić information content (AvgIpc) is 3.32. The highest BCUT2D eigenvalue weighted by molar-refractivity contribution is 6.01. The lowest BCUT2D eigenvalue weighted by molar-refractivity contribution is 0.0889. The van der Waals surface area contributed by atoms with Crippen LogP contribution in [0.4, 0.5) is 5.82 Å². The summed E-state index contributed by atoms with van der Waals surface area (Å²) in [4.78, 5) is 14.4. The molecule has 1 aliphatic heterocycles. The number of nitrogens with zero attached hydrogens (tertiary/aromatic N) is 2. The maximum absolute atomic E-state index is 14.4. The Morgan fingerprint density at radius 2 is 1.59 bits per heavy atom. The minimum atomic E-state index is -0.466. The van der Waals surface area contributed by atoms with Gasteiger partial charge in [0.25, 0.3) is 5.91 Å². The fourth-order valence-electron chi connectivity index (χ4n) is 5.93. The smallest absolute Gasteiger partial charge is 0.257 e. The van der Waals surface area contributed by atoms with Crippen molar-refractivity contribution in [3.63, 3.8) is 0 Å². The minimum Gasteiger partial charge on any atom is -0.363 e. The Morgan fingerprint density at radius 3 is 2.21 bits per heavy atom. The van der Waals surface area contributed by atoms with Gasteiger partial charge in [0, 0.05) is 6.42 Å². The Morgan fingerprint density at radius 1 is 0.974 bits per heavy atom. The SMILES string of the molecule is CCC(CC)(NC(=O)c1c(Cc2ccccc2)nn2c1NC(c1ccccc1)CC2(C)C)c1ccc(C)cc1. The van der Waals surface area contributed by atoms with Crippen molar-refractivity contribution < 1.29 is 4.79 Å². The first-order chi connectivity index (χ1) is 18.8. The molecule has 0 spiro atoms.